The van der Waals surface area contributed by atoms with Crippen molar-refractivity contribution in [1.82, 2.24) is 5.32 Å². The van der Waals surface area contributed by atoms with Crippen LogP contribution >= 0.6 is 0 Å². The Morgan fingerprint density at radius 3 is 2.33 bits per heavy atom. The van der Waals surface area contributed by atoms with E-state index >= 15 is 0 Å². The first-order valence-electron chi connectivity index (χ1n) is 10.8. The van der Waals surface area contributed by atoms with Gasteiger partial charge in [0.15, 0.2) is 0 Å². The van der Waals surface area contributed by atoms with Crippen molar-refractivity contribution in [3.05, 3.63) is 80.9 Å². The summed E-state index contributed by atoms with van der Waals surface area (Å²) in [5.41, 5.74) is 3.57. The molecule has 4 aromatic rings. The molecule has 1 amide bonds. The van der Waals surface area contributed by atoms with Crippen molar-refractivity contribution < 1.29 is 23.5 Å². The molecule has 0 bridgehead atoms. The van der Waals surface area contributed by atoms with Gasteiger partial charge in [0.2, 0.25) is 5.91 Å². The van der Waals surface area contributed by atoms with E-state index in [-0.39, 0.29) is 19.3 Å². The normalized spacial score (nSPS) is 12.2. The van der Waals surface area contributed by atoms with Crippen LogP contribution in [0.2, 0.25) is 0 Å². The minimum absolute atomic E-state index is 0.0260. The lowest BCUT2D eigenvalue weighted by atomic mass is 10.00. The molecule has 0 unspecified atom stereocenters. The van der Waals surface area contributed by atoms with Crippen LogP contribution in [0.1, 0.15) is 34.4 Å². The number of carboxylic acids is 1. The summed E-state index contributed by atoms with van der Waals surface area (Å²) in [4.78, 5) is 36.8. The number of benzene rings is 2. The Kier molecular flexibility index (Phi) is 6.05. The number of amides is 1. The predicted molar refractivity (Wildman–Crippen MR) is 125 cm³/mol. The molecule has 1 atom stereocenters. The highest BCUT2D eigenvalue weighted by Gasteiger charge is 2.21. The molecule has 2 aromatic heterocycles. The van der Waals surface area contributed by atoms with Gasteiger partial charge in [-0.3, -0.25) is 4.79 Å². The van der Waals surface area contributed by atoms with Crippen molar-refractivity contribution in [2.45, 2.75) is 46.1 Å². The highest BCUT2D eigenvalue weighted by molar-refractivity contribution is 5.96. The lowest BCUT2D eigenvalue weighted by Gasteiger charge is -2.15. The van der Waals surface area contributed by atoms with E-state index in [1.807, 2.05) is 57.2 Å². The molecule has 0 spiro atoms. The van der Waals surface area contributed by atoms with Crippen LogP contribution in [-0.2, 0) is 22.4 Å². The molecule has 0 saturated carbocycles. The highest BCUT2D eigenvalue weighted by Crippen LogP contribution is 2.31. The Labute approximate surface area is 190 Å². The third-order valence-corrected chi connectivity index (χ3v) is 6.10. The van der Waals surface area contributed by atoms with E-state index < -0.39 is 23.5 Å². The second-order valence-electron chi connectivity index (χ2n) is 8.27. The number of furan rings is 1. The van der Waals surface area contributed by atoms with Gasteiger partial charge in [0, 0.05) is 35.2 Å². The van der Waals surface area contributed by atoms with E-state index in [1.165, 1.54) is 0 Å². The summed E-state index contributed by atoms with van der Waals surface area (Å²) in [5, 5.41) is 13.8. The van der Waals surface area contributed by atoms with Gasteiger partial charge in [-0.25, -0.2) is 9.59 Å². The van der Waals surface area contributed by atoms with Gasteiger partial charge in [0.25, 0.3) is 0 Å². The summed E-state index contributed by atoms with van der Waals surface area (Å²) >= 11 is 0. The maximum atomic E-state index is 12.6. The topological polar surface area (TPSA) is 110 Å². The molecule has 0 aliphatic carbocycles. The van der Waals surface area contributed by atoms with Gasteiger partial charge in [0.05, 0.1) is 0 Å². The molecule has 0 aliphatic rings. The molecule has 0 radical (unpaired) electrons. The van der Waals surface area contributed by atoms with E-state index in [0.717, 1.165) is 33.2 Å². The van der Waals surface area contributed by atoms with Crippen LogP contribution in [0.15, 0.2) is 56.1 Å². The number of aliphatic carboxylic acids is 1. The van der Waals surface area contributed by atoms with Crippen LogP contribution in [-0.4, -0.2) is 23.0 Å². The first kappa shape index (κ1) is 22.3. The molecular weight excluding hydrogens is 422 g/mol. The average Bonchev–Trinajstić information content (AvgIpc) is 3.05. The number of aryl methyl sites for hydroxylation is 3. The fourth-order valence-corrected chi connectivity index (χ4v) is 4.07. The molecule has 7 heteroatoms. The predicted octanol–water partition coefficient (Wildman–Crippen LogP) is 4.21. The first-order valence-corrected chi connectivity index (χ1v) is 10.8. The van der Waals surface area contributed by atoms with Crippen LogP contribution in [0.25, 0.3) is 21.9 Å². The summed E-state index contributed by atoms with van der Waals surface area (Å²) in [6.07, 6.45) is 0.301. The van der Waals surface area contributed by atoms with E-state index in [0.29, 0.717) is 16.7 Å². The number of carboxylic acid groups (broad SMARTS) is 1. The molecule has 2 aromatic carbocycles. The molecule has 0 saturated heterocycles. The monoisotopic (exact) mass is 447 g/mol. The molecule has 0 aliphatic heterocycles. The summed E-state index contributed by atoms with van der Waals surface area (Å²) in [7, 11) is 0. The zero-order valence-corrected chi connectivity index (χ0v) is 18.7. The summed E-state index contributed by atoms with van der Waals surface area (Å²) in [6, 6.07) is 11.7. The van der Waals surface area contributed by atoms with Crippen molar-refractivity contribution >= 4 is 33.8 Å². The molecular formula is C26H25NO6. The number of carbonyl (C=O) groups excluding carboxylic acids is 1. The number of hydrogen-bond acceptors (Lipinski definition) is 5. The van der Waals surface area contributed by atoms with Gasteiger partial charge in [0.1, 0.15) is 23.0 Å². The highest BCUT2D eigenvalue weighted by atomic mass is 16.4. The fourth-order valence-electron chi connectivity index (χ4n) is 4.07. The Morgan fingerprint density at radius 2 is 1.64 bits per heavy atom. The molecule has 2 N–H and O–H groups in total. The molecule has 2 heterocycles. The van der Waals surface area contributed by atoms with Crippen molar-refractivity contribution in [2.24, 2.45) is 0 Å². The van der Waals surface area contributed by atoms with Crippen LogP contribution < -0.4 is 10.9 Å². The third kappa shape index (κ3) is 4.53. The van der Waals surface area contributed by atoms with Crippen LogP contribution in [0, 0.1) is 20.8 Å². The zero-order valence-electron chi connectivity index (χ0n) is 18.7. The lowest BCUT2D eigenvalue weighted by molar-refractivity contribution is -0.141. The maximum absolute atomic E-state index is 12.6. The van der Waals surface area contributed by atoms with Gasteiger partial charge >= 0.3 is 11.6 Å². The second kappa shape index (κ2) is 8.94. The minimum Gasteiger partial charge on any atom is -0.480 e. The van der Waals surface area contributed by atoms with Gasteiger partial charge < -0.3 is 19.3 Å². The standard InChI is InChI=1S/C26H25NO6/c1-14-16(3)32-22-13-23-20(12-19(14)22)15(2)18(26(31)33-23)9-10-24(28)27-21(25(29)30)11-17-7-5-4-6-8-17/h4-8,12-13,21H,9-11H2,1-3H3,(H,27,28)(H,29,30)/t21-/m1/s1. The Bertz CT molecular complexity index is 1410. The zero-order chi connectivity index (χ0) is 23.7. The van der Waals surface area contributed by atoms with E-state index in [1.54, 1.807) is 6.07 Å². The SMILES string of the molecule is Cc1oc2cc3oc(=O)c(CCC(=O)N[C@H](Cc4ccccc4)C(=O)O)c(C)c3cc2c1C. The van der Waals surface area contributed by atoms with Crippen LogP contribution in [0.3, 0.4) is 0 Å². The maximum Gasteiger partial charge on any atom is 0.339 e. The van der Waals surface area contributed by atoms with Crippen molar-refractivity contribution in [3.8, 4) is 0 Å². The Balaban J connectivity index is 1.53. The van der Waals surface area contributed by atoms with E-state index in [2.05, 4.69) is 5.32 Å². The summed E-state index contributed by atoms with van der Waals surface area (Å²) in [6.45, 7) is 5.69. The molecule has 33 heavy (non-hydrogen) atoms. The second-order valence-corrected chi connectivity index (χ2v) is 8.27. The number of rotatable bonds is 7. The molecule has 0 fully saturated rings. The van der Waals surface area contributed by atoms with Crippen LogP contribution in [0.4, 0.5) is 0 Å². The Morgan fingerprint density at radius 1 is 0.970 bits per heavy atom. The number of hydrogen-bond donors (Lipinski definition) is 2. The first-order chi connectivity index (χ1) is 15.7. The fraction of sp³-hybridized carbons (Fsp3) is 0.269. The quantitative estimate of drug-likeness (QED) is 0.411. The lowest BCUT2D eigenvalue weighted by Crippen LogP contribution is -2.42. The molecule has 7 nitrogen and oxygen atoms in total. The Hall–Kier alpha value is -3.87. The van der Waals surface area contributed by atoms with Gasteiger partial charge in [-0.2, -0.15) is 0 Å². The minimum atomic E-state index is -1.11. The molecule has 170 valence electrons. The molecule has 4 rings (SSSR count). The third-order valence-electron chi connectivity index (χ3n) is 6.10. The summed E-state index contributed by atoms with van der Waals surface area (Å²) in [5.74, 6) is -0.738. The van der Waals surface area contributed by atoms with Crippen molar-refractivity contribution in [2.75, 3.05) is 0 Å². The van der Waals surface area contributed by atoms with Crippen molar-refractivity contribution in [3.63, 3.8) is 0 Å². The number of fused-ring (bicyclic) bond motifs is 2. The van der Waals surface area contributed by atoms with Crippen molar-refractivity contribution in [1.29, 1.82) is 0 Å². The van der Waals surface area contributed by atoms with E-state index in [4.69, 9.17) is 8.83 Å². The number of carbonyl (C=O) groups is 2. The van der Waals surface area contributed by atoms with Gasteiger partial charge in [-0.1, -0.05) is 30.3 Å². The largest absolute Gasteiger partial charge is 0.480 e. The van der Waals surface area contributed by atoms with Gasteiger partial charge in [-0.15, -0.1) is 0 Å². The number of nitrogens with one attached hydrogen (secondary N) is 1. The van der Waals surface area contributed by atoms with Crippen LogP contribution in [0.5, 0.6) is 0 Å². The average molecular weight is 447 g/mol. The van der Waals surface area contributed by atoms with Gasteiger partial charge in [-0.05, 0) is 49.9 Å². The smallest absolute Gasteiger partial charge is 0.339 e. The van der Waals surface area contributed by atoms with E-state index in [9.17, 15) is 19.5 Å². The summed E-state index contributed by atoms with van der Waals surface area (Å²) < 4.78 is 11.3.